The first-order valence-corrected chi connectivity index (χ1v) is 7.16. The van der Waals surface area contributed by atoms with Crippen molar-refractivity contribution in [3.63, 3.8) is 0 Å². The summed E-state index contributed by atoms with van der Waals surface area (Å²) >= 11 is 6.08. The van der Waals surface area contributed by atoms with Crippen molar-refractivity contribution in [2.24, 2.45) is 0 Å². The van der Waals surface area contributed by atoms with Crippen LogP contribution in [0.15, 0.2) is 24.3 Å². The Balaban J connectivity index is 1.96. The fourth-order valence-corrected chi connectivity index (χ4v) is 2.39. The Bertz CT molecular complexity index is 347. The predicted molar refractivity (Wildman–Crippen MR) is 74.7 cm³/mol. The Hall–Kier alpha value is -0.530. The van der Waals surface area contributed by atoms with Gasteiger partial charge in [0, 0.05) is 17.6 Å². The first-order valence-electron chi connectivity index (χ1n) is 6.78. The molecule has 1 fully saturated rings. The number of halogens is 1. The Labute approximate surface area is 110 Å². The molecule has 1 atom stereocenters. The molecule has 2 heteroatoms. The van der Waals surface area contributed by atoms with Gasteiger partial charge < -0.3 is 5.32 Å². The van der Waals surface area contributed by atoms with Crippen molar-refractivity contribution in [1.29, 1.82) is 0 Å². The molecule has 0 saturated heterocycles. The van der Waals surface area contributed by atoms with E-state index >= 15 is 0 Å². The molecule has 1 saturated carbocycles. The average molecular weight is 252 g/mol. The van der Waals surface area contributed by atoms with Crippen molar-refractivity contribution in [2.75, 3.05) is 6.54 Å². The Morgan fingerprint density at radius 1 is 1.41 bits per heavy atom. The van der Waals surface area contributed by atoms with Gasteiger partial charge >= 0.3 is 0 Å². The third-order valence-corrected chi connectivity index (χ3v) is 3.69. The molecule has 1 aromatic carbocycles. The van der Waals surface area contributed by atoms with Gasteiger partial charge in [0.2, 0.25) is 0 Å². The summed E-state index contributed by atoms with van der Waals surface area (Å²) < 4.78 is 0. The topological polar surface area (TPSA) is 12.0 Å². The largest absolute Gasteiger partial charge is 0.313 e. The second-order valence-electron chi connectivity index (χ2n) is 5.08. The molecule has 1 N–H and O–H groups in total. The maximum atomic E-state index is 6.08. The van der Waals surface area contributed by atoms with Crippen LogP contribution in [0.25, 0.3) is 0 Å². The van der Waals surface area contributed by atoms with Gasteiger partial charge in [-0.1, -0.05) is 43.5 Å². The summed E-state index contributed by atoms with van der Waals surface area (Å²) in [6.07, 6.45) is 6.53. The van der Waals surface area contributed by atoms with E-state index in [-0.39, 0.29) is 0 Å². The van der Waals surface area contributed by atoms with Gasteiger partial charge in [-0.3, -0.25) is 0 Å². The van der Waals surface area contributed by atoms with Gasteiger partial charge in [0.1, 0.15) is 0 Å². The summed E-state index contributed by atoms with van der Waals surface area (Å²) in [7, 11) is 0. The van der Waals surface area contributed by atoms with Gasteiger partial charge in [-0.25, -0.2) is 0 Å². The number of hydrogen-bond donors (Lipinski definition) is 1. The minimum atomic E-state index is 0.620. The van der Waals surface area contributed by atoms with Crippen LogP contribution in [0.3, 0.4) is 0 Å². The zero-order valence-electron chi connectivity index (χ0n) is 10.6. The zero-order chi connectivity index (χ0) is 12.1. The first-order chi connectivity index (χ1) is 8.29. The molecule has 94 valence electrons. The number of nitrogens with one attached hydrogen (secondary N) is 1. The van der Waals surface area contributed by atoms with Crippen LogP contribution in [0.2, 0.25) is 5.02 Å². The van der Waals surface area contributed by atoms with Gasteiger partial charge in [0.15, 0.2) is 0 Å². The number of benzene rings is 1. The lowest BCUT2D eigenvalue weighted by Gasteiger charge is -2.18. The Morgan fingerprint density at radius 3 is 2.88 bits per heavy atom. The molecule has 0 heterocycles. The maximum absolute atomic E-state index is 6.08. The highest BCUT2D eigenvalue weighted by Gasteiger charge is 2.22. The van der Waals surface area contributed by atoms with Crippen LogP contribution in [-0.4, -0.2) is 12.6 Å². The minimum Gasteiger partial charge on any atom is -0.313 e. The van der Waals surface area contributed by atoms with Crippen LogP contribution < -0.4 is 5.32 Å². The maximum Gasteiger partial charge on any atom is 0.0408 e. The highest BCUT2D eigenvalue weighted by molar-refractivity contribution is 6.30. The molecule has 2 rings (SSSR count). The fourth-order valence-electron chi connectivity index (χ4n) is 2.19. The number of unbranched alkanes of at least 4 members (excludes halogenated alkanes) is 1. The van der Waals surface area contributed by atoms with E-state index in [1.807, 2.05) is 6.07 Å². The monoisotopic (exact) mass is 251 g/mol. The van der Waals surface area contributed by atoms with E-state index in [1.54, 1.807) is 0 Å². The summed E-state index contributed by atoms with van der Waals surface area (Å²) in [5, 5.41) is 4.50. The Kier molecular flexibility index (Phi) is 4.87. The molecule has 0 amide bonds. The van der Waals surface area contributed by atoms with Crippen LogP contribution in [0.5, 0.6) is 0 Å². The van der Waals surface area contributed by atoms with E-state index in [2.05, 4.69) is 30.4 Å². The van der Waals surface area contributed by atoms with Crippen LogP contribution in [0.4, 0.5) is 0 Å². The van der Waals surface area contributed by atoms with E-state index in [4.69, 9.17) is 11.6 Å². The standard InChI is InChI=1S/C15H22ClN/c1-2-3-5-13(11-17-15-8-9-15)12-6-4-7-14(16)10-12/h4,6-7,10,13,15,17H,2-3,5,8-9,11H2,1H3. The molecule has 1 aromatic rings. The van der Waals surface area contributed by atoms with Crippen LogP contribution in [-0.2, 0) is 0 Å². The molecule has 0 aromatic heterocycles. The van der Waals surface area contributed by atoms with E-state index in [1.165, 1.54) is 37.7 Å². The molecule has 0 aliphatic heterocycles. The third kappa shape index (κ3) is 4.33. The zero-order valence-corrected chi connectivity index (χ0v) is 11.3. The molecule has 0 spiro atoms. The summed E-state index contributed by atoms with van der Waals surface area (Å²) in [6.45, 7) is 3.36. The summed E-state index contributed by atoms with van der Waals surface area (Å²) in [5.74, 6) is 0.620. The van der Waals surface area contributed by atoms with Gasteiger partial charge in [-0.15, -0.1) is 0 Å². The second kappa shape index (κ2) is 6.42. The molecule has 0 bridgehead atoms. The molecule has 0 radical (unpaired) electrons. The lowest BCUT2D eigenvalue weighted by atomic mass is 9.93. The molecule has 1 aliphatic carbocycles. The van der Waals surface area contributed by atoms with Crippen LogP contribution in [0.1, 0.15) is 50.5 Å². The lowest BCUT2D eigenvalue weighted by molar-refractivity contribution is 0.527. The van der Waals surface area contributed by atoms with Crippen LogP contribution >= 0.6 is 11.6 Å². The normalized spacial score (nSPS) is 17.1. The SMILES string of the molecule is CCCCC(CNC1CC1)c1cccc(Cl)c1. The minimum absolute atomic E-state index is 0.620. The highest BCUT2D eigenvalue weighted by Crippen LogP contribution is 2.26. The molecule has 17 heavy (non-hydrogen) atoms. The molecule has 1 unspecified atom stereocenters. The fraction of sp³-hybridized carbons (Fsp3) is 0.600. The van der Waals surface area contributed by atoms with Gasteiger partial charge in [0.25, 0.3) is 0 Å². The van der Waals surface area contributed by atoms with Crippen molar-refractivity contribution >= 4 is 11.6 Å². The van der Waals surface area contributed by atoms with Gasteiger partial charge in [-0.2, -0.15) is 0 Å². The van der Waals surface area contributed by atoms with Crippen LogP contribution in [0, 0.1) is 0 Å². The summed E-state index contributed by atoms with van der Waals surface area (Å²) in [4.78, 5) is 0. The predicted octanol–water partition coefficient (Wildman–Crippen LogP) is 4.37. The summed E-state index contributed by atoms with van der Waals surface area (Å²) in [6, 6.07) is 9.14. The highest BCUT2D eigenvalue weighted by atomic mass is 35.5. The third-order valence-electron chi connectivity index (χ3n) is 3.46. The number of rotatable bonds is 7. The first kappa shape index (κ1) is 12.9. The quantitative estimate of drug-likeness (QED) is 0.759. The van der Waals surface area contributed by atoms with Crippen molar-refractivity contribution in [3.05, 3.63) is 34.9 Å². The molecular weight excluding hydrogens is 230 g/mol. The van der Waals surface area contributed by atoms with Crippen molar-refractivity contribution in [1.82, 2.24) is 5.32 Å². The molecular formula is C15H22ClN. The Morgan fingerprint density at radius 2 is 2.24 bits per heavy atom. The van der Waals surface area contributed by atoms with Crippen molar-refractivity contribution < 1.29 is 0 Å². The number of hydrogen-bond acceptors (Lipinski definition) is 1. The lowest BCUT2D eigenvalue weighted by Crippen LogP contribution is -2.23. The van der Waals surface area contributed by atoms with E-state index in [0.717, 1.165) is 17.6 Å². The summed E-state index contributed by atoms with van der Waals surface area (Å²) in [5.41, 5.74) is 1.39. The second-order valence-corrected chi connectivity index (χ2v) is 5.51. The van der Waals surface area contributed by atoms with Gasteiger partial charge in [-0.05, 0) is 42.9 Å². The van der Waals surface area contributed by atoms with E-state index in [9.17, 15) is 0 Å². The van der Waals surface area contributed by atoms with Gasteiger partial charge in [0.05, 0.1) is 0 Å². The smallest absolute Gasteiger partial charge is 0.0408 e. The molecule has 1 aliphatic rings. The van der Waals surface area contributed by atoms with E-state index in [0.29, 0.717) is 5.92 Å². The van der Waals surface area contributed by atoms with E-state index < -0.39 is 0 Å². The van der Waals surface area contributed by atoms with Crippen molar-refractivity contribution in [2.45, 2.75) is 51.0 Å². The van der Waals surface area contributed by atoms with Crippen molar-refractivity contribution in [3.8, 4) is 0 Å². The average Bonchev–Trinajstić information content (AvgIpc) is 3.13. The molecule has 1 nitrogen and oxygen atoms in total.